The predicted octanol–water partition coefficient (Wildman–Crippen LogP) is 2.76. The molecule has 2 atom stereocenters. The summed E-state index contributed by atoms with van der Waals surface area (Å²) in [5, 5.41) is 3.21. The summed E-state index contributed by atoms with van der Waals surface area (Å²) in [6, 6.07) is 5.65. The van der Waals surface area contributed by atoms with Crippen molar-refractivity contribution in [2.45, 2.75) is 31.1 Å². The van der Waals surface area contributed by atoms with Crippen LogP contribution in [0.3, 0.4) is 0 Å². The first-order valence-corrected chi connectivity index (χ1v) is 7.35. The Labute approximate surface area is 118 Å². The number of nitrogens with one attached hydrogen (secondary N) is 1. The molecule has 0 spiro atoms. The van der Waals surface area contributed by atoms with Crippen molar-refractivity contribution >= 4 is 17.5 Å². The van der Waals surface area contributed by atoms with Gasteiger partial charge >= 0.3 is 0 Å². The number of hydrogen-bond acceptors (Lipinski definition) is 2. The number of carbonyl (C=O) groups excluding carboxylic acids is 1. The van der Waals surface area contributed by atoms with Crippen LogP contribution in [0, 0.1) is 5.92 Å². The normalized spacial score (nSPS) is 24.9. The van der Waals surface area contributed by atoms with E-state index < -0.39 is 0 Å². The zero-order valence-electron chi connectivity index (χ0n) is 10.8. The van der Waals surface area contributed by atoms with Crippen LogP contribution in [0.2, 0.25) is 0 Å². The highest BCUT2D eigenvalue weighted by Gasteiger charge is 2.25. The Morgan fingerprint density at radius 1 is 1.42 bits per heavy atom. The molecule has 2 unspecified atom stereocenters. The number of amides is 1. The molecule has 1 aliphatic carbocycles. The first-order valence-electron chi connectivity index (χ1n) is 6.92. The van der Waals surface area contributed by atoms with E-state index in [1.54, 1.807) is 0 Å². The molecule has 2 aliphatic rings. The molecule has 1 amide bonds. The van der Waals surface area contributed by atoms with Gasteiger partial charge in [0.15, 0.2) is 0 Å². The zero-order chi connectivity index (χ0) is 13.2. The van der Waals surface area contributed by atoms with E-state index in [-0.39, 0.29) is 11.3 Å². The second-order valence-corrected chi connectivity index (χ2v) is 5.90. The lowest BCUT2D eigenvalue weighted by Crippen LogP contribution is -2.31. The molecule has 1 saturated carbocycles. The summed E-state index contributed by atoms with van der Waals surface area (Å²) in [5.41, 5.74) is 1.84. The van der Waals surface area contributed by atoms with Gasteiger partial charge in [-0.3, -0.25) is 4.79 Å². The second-order valence-electron chi connectivity index (χ2n) is 5.34. The van der Waals surface area contributed by atoms with Crippen LogP contribution in [0.25, 0.3) is 0 Å². The van der Waals surface area contributed by atoms with Gasteiger partial charge in [-0.25, -0.2) is 0 Å². The number of ether oxygens (including phenoxy) is 1. The topological polar surface area (TPSA) is 38.3 Å². The van der Waals surface area contributed by atoms with Crippen molar-refractivity contribution in [3.63, 3.8) is 0 Å². The maximum Gasteiger partial charge on any atom is 0.251 e. The fourth-order valence-electron chi connectivity index (χ4n) is 2.88. The SMILES string of the molecule is O=C(NCC1CCCC1Cl)c1ccc2c(c1)CCO2. The fourth-order valence-corrected chi connectivity index (χ4v) is 3.24. The maximum atomic E-state index is 12.1. The molecule has 1 fully saturated rings. The molecule has 0 radical (unpaired) electrons. The third-order valence-electron chi connectivity index (χ3n) is 4.04. The average Bonchev–Trinajstić information content (AvgIpc) is 3.03. The Balaban J connectivity index is 1.61. The van der Waals surface area contributed by atoms with Crippen LogP contribution in [0.15, 0.2) is 18.2 Å². The standard InChI is InChI=1S/C15H18ClNO2/c16-13-3-1-2-12(13)9-17-15(18)11-4-5-14-10(8-11)6-7-19-14/h4-5,8,12-13H,1-3,6-7,9H2,(H,17,18). The highest BCUT2D eigenvalue weighted by molar-refractivity contribution is 6.21. The van der Waals surface area contributed by atoms with E-state index in [4.69, 9.17) is 16.3 Å². The average molecular weight is 280 g/mol. The summed E-state index contributed by atoms with van der Waals surface area (Å²) in [6.07, 6.45) is 4.25. The van der Waals surface area contributed by atoms with Gasteiger partial charge in [-0.05, 0) is 42.5 Å². The number of rotatable bonds is 3. The number of halogens is 1. The summed E-state index contributed by atoms with van der Waals surface area (Å²) in [5.74, 6) is 1.32. The van der Waals surface area contributed by atoms with Gasteiger partial charge in [-0.1, -0.05) is 6.42 Å². The molecule has 1 N–H and O–H groups in total. The van der Waals surface area contributed by atoms with Gasteiger partial charge in [0.25, 0.3) is 5.91 Å². The van der Waals surface area contributed by atoms with Gasteiger partial charge < -0.3 is 10.1 Å². The van der Waals surface area contributed by atoms with Crippen LogP contribution in [0.5, 0.6) is 5.75 Å². The van der Waals surface area contributed by atoms with Crippen LogP contribution in [0.4, 0.5) is 0 Å². The Bertz CT molecular complexity index is 489. The van der Waals surface area contributed by atoms with Crippen LogP contribution in [-0.2, 0) is 6.42 Å². The van der Waals surface area contributed by atoms with Crippen molar-refractivity contribution in [2.24, 2.45) is 5.92 Å². The summed E-state index contributed by atoms with van der Waals surface area (Å²) in [7, 11) is 0. The Morgan fingerprint density at radius 3 is 3.11 bits per heavy atom. The largest absolute Gasteiger partial charge is 0.493 e. The van der Waals surface area contributed by atoms with Gasteiger partial charge in [0.05, 0.1) is 6.61 Å². The quantitative estimate of drug-likeness (QED) is 0.864. The molecule has 1 aliphatic heterocycles. The van der Waals surface area contributed by atoms with Crippen LogP contribution >= 0.6 is 11.6 Å². The monoisotopic (exact) mass is 279 g/mol. The van der Waals surface area contributed by atoms with E-state index in [0.717, 1.165) is 37.2 Å². The number of benzene rings is 1. The molecule has 0 aromatic heterocycles. The van der Waals surface area contributed by atoms with Crippen molar-refractivity contribution in [3.8, 4) is 5.75 Å². The Kier molecular flexibility index (Phi) is 3.65. The molecule has 3 rings (SSSR count). The lowest BCUT2D eigenvalue weighted by Gasteiger charge is -2.14. The lowest BCUT2D eigenvalue weighted by atomic mass is 10.1. The number of carbonyl (C=O) groups is 1. The number of fused-ring (bicyclic) bond motifs is 1. The maximum absolute atomic E-state index is 12.1. The van der Waals surface area contributed by atoms with Crippen LogP contribution in [-0.4, -0.2) is 24.4 Å². The molecule has 4 heteroatoms. The van der Waals surface area contributed by atoms with E-state index in [1.807, 2.05) is 18.2 Å². The fraction of sp³-hybridized carbons (Fsp3) is 0.533. The first kappa shape index (κ1) is 12.8. The van der Waals surface area contributed by atoms with Gasteiger partial charge in [-0.2, -0.15) is 0 Å². The lowest BCUT2D eigenvalue weighted by molar-refractivity contribution is 0.0947. The van der Waals surface area contributed by atoms with E-state index in [0.29, 0.717) is 18.0 Å². The molecular weight excluding hydrogens is 262 g/mol. The van der Waals surface area contributed by atoms with Crippen molar-refractivity contribution in [3.05, 3.63) is 29.3 Å². The summed E-state index contributed by atoms with van der Waals surface area (Å²) in [6.45, 7) is 1.40. The molecule has 1 heterocycles. The van der Waals surface area contributed by atoms with E-state index in [9.17, 15) is 4.79 Å². The van der Waals surface area contributed by atoms with Crippen molar-refractivity contribution in [1.29, 1.82) is 0 Å². The molecular formula is C15H18ClNO2. The van der Waals surface area contributed by atoms with Gasteiger partial charge in [0.2, 0.25) is 0 Å². The minimum absolute atomic E-state index is 0.00883. The predicted molar refractivity (Wildman–Crippen MR) is 75.0 cm³/mol. The molecule has 19 heavy (non-hydrogen) atoms. The minimum Gasteiger partial charge on any atom is -0.493 e. The summed E-state index contributed by atoms with van der Waals surface area (Å²) < 4.78 is 5.44. The van der Waals surface area contributed by atoms with Crippen molar-refractivity contribution in [1.82, 2.24) is 5.32 Å². The van der Waals surface area contributed by atoms with Gasteiger partial charge in [-0.15, -0.1) is 11.6 Å². The summed E-state index contributed by atoms with van der Waals surface area (Å²) in [4.78, 5) is 12.1. The molecule has 0 bridgehead atoms. The molecule has 1 aromatic rings. The molecule has 102 valence electrons. The van der Waals surface area contributed by atoms with Crippen LogP contribution < -0.4 is 10.1 Å². The van der Waals surface area contributed by atoms with Crippen molar-refractivity contribution in [2.75, 3.05) is 13.2 Å². The first-order chi connectivity index (χ1) is 9.24. The second kappa shape index (κ2) is 5.41. The van der Waals surface area contributed by atoms with Crippen molar-refractivity contribution < 1.29 is 9.53 Å². The van der Waals surface area contributed by atoms with Crippen LogP contribution in [0.1, 0.15) is 35.2 Å². The highest BCUT2D eigenvalue weighted by atomic mass is 35.5. The van der Waals surface area contributed by atoms with Gasteiger partial charge in [0.1, 0.15) is 5.75 Å². The third kappa shape index (κ3) is 2.71. The molecule has 3 nitrogen and oxygen atoms in total. The van der Waals surface area contributed by atoms with E-state index in [1.165, 1.54) is 6.42 Å². The molecule has 0 saturated heterocycles. The molecule has 1 aromatic carbocycles. The third-order valence-corrected chi connectivity index (χ3v) is 4.62. The number of alkyl halides is 1. The Hall–Kier alpha value is -1.22. The summed E-state index contributed by atoms with van der Waals surface area (Å²) >= 11 is 6.22. The highest BCUT2D eigenvalue weighted by Crippen LogP contribution is 2.29. The van der Waals surface area contributed by atoms with E-state index in [2.05, 4.69) is 5.32 Å². The number of hydrogen-bond donors (Lipinski definition) is 1. The zero-order valence-corrected chi connectivity index (χ0v) is 11.6. The smallest absolute Gasteiger partial charge is 0.251 e. The minimum atomic E-state index is -0.00883. The van der Waals surface area contributed by atoms with Gasteiger partial charge in [0, 0.05) is 23.9 Å². The van der Waals surface area contributed by atoms with E-state index >= 15 is 0 Å². The Morgan fingerprint density at radius 2 is 2.32 bits per heavy atom.